The molecule has 1 aromatic heterocycles. The number of halogens is 1. The lowest BCUT2D eigenvalue weighted by molar-refractivity contribution is 0.575. The van der Waals surface area contributed by atoms with E-state index in [2.05, 4.69) is 23.2 Å². The molecule has 1 aliphatic rings. The molecule has 0 saturated heterocycles. The summed E-state index contributed by atoms with van der Waals surface area (Å²) < 4.78 is 14.5. The second kappa shape index (κ2) is 6.61. The Hall–Kier alpha value is -3.19. The fourth-order valence-electron chi connectivity index (χ4n) is 3.86. The van der Waals surface area contributed by atoms with Gasteiger partial charge in [0.2, 0.25) is 0 Å². The predicted molar refractivity (Wildman–Crippen MR) is 100.0 cm³/mol. The van der Waals surface area contributed by atoms with E-state index < -0.39 is 0 Å². The van der Waals surface area contributed by atoms with Crippen LogP contribution in [0, 0.1) is 17.1 Å². The van der Waals surface area contributed by atoms with Gasteiger partial charge in [-0.05, 0) is 42.4 Å². The Labute approximate surface area is 151 Å². The van der Waals surface area contributed by atoms with Crippen LogP contribution in [0.1, 0.15) is 34.7 Å². The highest BCUT2D eigenvalue weighted by atomic mass is 19.1. The maximum Gasteiger partial charge on any atom is 0.142 e. The minimum absolute atomic E-state index is 0.183. The minimum atomic E-state index is -0.348. The van der Waals surface area contributed by atoms with E-state index in [9.17, 15) is 9.65 Å². The number of aromatic nitrogens is 1. The second-order valence-corrected chi connectivity index (χ2v) is 6.61. The van der Waals surface area contributed by atoms with Crippen LogP contribution in [0.4, 0.5) is 10.2 Å². The van der Waals surface area contributed by atoms with Gasteiger partial charge in [0.1, 0.15) is 23.3 Å². The van der Waals surface area contributed by atoms with Crippen LogP contribution >= 0.6 is 0 Å². The van der Waals surface area contributed by atoms with E-state index in [0.717, 1.165) is 30.5 Å². The van der Waals surface area contributed by atoms with Crippen LogP contribution < -0.4 is 5.73 Å². The number of nitrogens with zero attached hydrogens (tertiary/aromatic N) is 2. The molecular weight excluding hydrogens is 325 g/mol. The first-order valence-corrected chi connectivity index (χ1v) is 8.70. The Morgan fingerprint density at radius 2 is 1.81 bits per heavy atom. The summed E-state index contributed by atoms with van der Waals surface area (Å²) in [7, 11) is 0. The van der Waals surface area contributed by atoms with Gasteiger partial charge in [0.05, 0.1) is 0 Å². The number of hydrogen-bond donors (Lipinski definition) is 1. The molecule has 1 heterocycles. The Morgan fingerprint density at radius 3 is 2.54 bits per heavy atom. The van der Waals surface area contributed by atoms with Gasteiger partial charge in [0.15, 0.2) is 0 Å². The van der Waals surface area contributed by atoms with E-state index in [-0.39, 0.29) is 17.2 Å². The zero-order chi connectivity index (χ0) is 18.1. The first-order chi connectivity index (χ1) is 12.7. The molecule has 0 spiro atoms. The molecule has 0 radical (unpaired) electrons. The summed E-state index contributed by atoms with van der Waals surface area (Å²) in [6, 6.07) is 19.0. The normalized spacial score (nSPS) is 15.9. The van der Waals surface area contributed by atoms with Gasteiger partial charge in [0, 0.05) is 16.8 Å². The van der Waals surface area contributed by atoms with Crippen molar-refractivity contribution in [2.24, 2.45) is 0 Å². The quantitative estimate of drug-likeness (QED) is 0.739. The molecule has 4 heteroatoms. The van der Waals surface area contributed by atoms with E-state index in [1.54, 1.807) is 18.2 Å². The highest BCUT2D eigenvalue weighted by Gasteiger charge is 2.28. The van der Waals surface area contributed by atoms with Crippen LogP contribution in [0.15, 0.2) is 54.6 Å². The van der Waals surface area contributed by atoms with Crippen LogP contribution in [-0.4, -0.2) is 4.98 Å². The van der Waals surface area contributed by atoms with E-state index in [4.69, 9.17) is 5.73 Å². The molecule has 3 nitrogen and oxygen atoms in total. The number of rotatable bonds is 2. The lowest BCUT2D eigenvalue weighted by Gasteiger charge is -2.27. The van der Waals surface area contributed by atoms with E-state index >= 15 is 0 Å². The zero-order valence-electron chi connectivity index (χ0n) is 14.2. The molecule has 0 bridgehead atoms. The highest BCUT2D eigenvalue weighted by molar-refractivity contribution is 5.79. The molecule has 0 saturated carbocycles. The largest absolute Gasteiger partial charge is 0.383 e. The second-order valence-electron chi connectivity index (χ2n) is 6.61. The SMILES string of the molecule is N#Cc1c(N)nc2c(c1-c1ccccc1F)CC(c1ccccc1)CC2. The van der Waals surface area contributed by atoms with E-state index in [0.29, 0.717) is 17.0 Å². The van der Waals surface area contributed by atoms with Gasteiger partial charge in [-0.2, -0.15) is 5.26 Å². The summed E-state index contributed by atoms with van der Waals surface area (Å²) in [6.07, 6.45) is 2.46. The number of hydrogen-bond acceptors (Lipinski definition) is 3. The smallest absolute Gasteiger partial charge is 0.142 e. The molecule has 2 N–H and O–H groups in total. The van der Waals surface area contributed by atoms with Crippen LogP contribution in [0.5, 0.6) is 0 Å². The Morgan fingerprint density at radius 1 is 1.08 bits per heavy atom. The number of pyridine rings is 1. The minimum Gasteiger partial charge on any atom is -0.383 e. The summed E-state index contributed by atoms with van der Waals surface area (Å²) in [5, 5.41) is 9.64. The fourth-order valence-corrected chi connectivity index (χ4v) is 3.86. The molecule has 0 fully saturated rings. The van der Waals surface area contributed by atoms with E-state index in [1.165, 1.54) is 11.6 Å². The number of anilines is 1. The monoisotopic (exact) mass is 343 g/mol. The first-order valence-electron chi connectivity index (χ1n) is 8.70. The van der Waals surface area contributed by atoms with Crippen molar-refractivity contribution in [1.82, 2.24) is 4.98 Å². The van der Waals surface area contributed by atoms with Gasteiger partial charge < -0.3 is 5.73 Å². The van der Waals surface area contributed by atoms with Gasteiger partial charge >= 0.3 is 0 Å². The van der Waals surface area contributed by atoms with Crippen molar-refractivity contribution in [2.45, 2.75) is 25.2 Å². The van der Waals surface area contributed by atoms with Crippen molar-refractivity contribution in [3.05, 3.63) is 82.8 Å². The molecule has 2 aromatic carbocycles. The lowest BCUT2D eigenvalue weighted by Crippen LogP contribution is -2.18. The summed E-state index contributed by atoms with van der Waals surface area (Å²) in [5.74, 6) is 0.160. The summed E-state index contributed by atoms with van der Waals surface area (Å²) in [5.41, 5.74) is 10.4. The number of nitriles is 1. The standard InChI is InChI=1S/C22H18FN3/c23-19-9-5-4-8-16(19)21-17-12-15(14-6-2-1-3-7-14)10-11-20(17)26-22(25)18(21)13-24/h1-9,15H,10-12H2,(H2,25,26). The molecule has 26 heavy (non-hydrogen) atoms. The molecular formula is C22H18FN3. The molecule has 3 aromatic rings. The lowest BCUT2D eigenvalue weighted by atomic mass is 9.78. The third kappa shape index (κ3) is 2.72. The van der Waals surface area contributed by atoms with Crippen molar-refractivity contribution in [3.8, 4) is 17.2 Å². The molecule has 1 atom stereocenters. The third-order valence-electron chi connectivity index (χ3n) is 5.12. The summed E-state index contributed by atoms with van der Waals surface area (Å²) in [6.45, 7) is 0. The molecule has 1 unspecified atom stereocenters. The van der Waals surface area contributed by atoms with Gasteiger partial charge in [-0.15, -0.1) is 0 Å². The zero-order valence-corrected chi connectivity index (χ0v) is 14.2. The third-order valence-corrected chi connectivity index (χ3v) is 5.12. The summed E-state index contributed by atoms with van der Waals surface area (Å²) in [4.78, 5) is 4.46. The predicted octanol–water partition coefficient (Wildman–Crippen LogP) is 4.61. The maximum absolute atomic E-state index is 14.5. The number of aryl methyl sites for hydroxylation is 1. The average molecular weight is 343 g/mol. The molecule has 0 amide bonds. The number of nitrogens with two attached hydrogens (primary N) is 1. The van der Waals surface area contributed by atoms with Gasteiger partial charge in [-0.3, -0.25) is 0 Å². The van der Waals surface area contributed by atoms with Crippen molar-refractivity contribution in [2.75, 3.05) is 5.73 Å². The van der Waals surface area contributed by atoms with Gasteiger partial charge in [-0.25, -0.2) is 9.37 Å². The molecule has 128 valence electrons. The first kappa shape index (κ1) is 16.3. The van der Waals surface area contributed by atoms with Crippen molar-refractivity contribution in [3.63, 3.8) is 0 Å². The van der Waals surface area contributed by atoms with Crippen molar-refractivity contribution < 1.29 is 4.39 Å². The highest BCUT2D eigenvalue weighted by Crippen LogP contribution is 2.40. The number of benzene rings is 2. The van der Waals surface area contributed by atoms with Crippen LogP contribution in [-0.2, 0) is 12.8 Å². The molecule has 0 aliphatic heterocycles. The topological polar surface area (TPSA) is 62.7 Å². The van der Waals surface area contributed by atoms with Crippen LogP contribution in [0.2, 0.25) is 0 Å². The van der Waals surface area contributed by atoms with Crippen molar-refractivity contribution >= 4 is 5.82 Å². The summed E-state index contributed by atoms with van der Waals surface area (Å²) >= 11 is 0. The molecule has 1 aliphatic carbocycles. The van der Waals surface area contributed by atoms with E-state index in [1.807, 2.05) is 18.2 Å². The Bertz CT molecular complexity index is 1010. The van der Waals surface area contributed by atoms with Gasteiger partial charge in [-0.1, -0.05) is 48.5 Å². The van der Waals surface area contributed by atoms with Crippen LogP contribution in [0.25, 0.3) is 11.1 Å². The fraction of sp³-hybridized carbons (Fsp3) is 0.182. The van der Waals surface area contributed by atoms with Gasteiger partial charge in [0.25, 0.3) is 0 Å². The molecule has 4 rings (SSSR count). The number of nitrogen functional groups attached to an aromatic ring is 1. The van der Waals surface area contributed by atoms with Crippen LogP contribution in [0.3, 0.4) is 0 Å². The average Bonchev–Trinajstić information content (AvgIpc) is 2.68. The Kier molecular flexibility index (Phi) is 4.14. The Balaban J connectivity index is 1.91. The van der Waals surface area contributed by atoms with Crippen molar-refractivity contribution in [1.29, 1.82) is 5.26 Å². The maximum atomic E-state index is 14.5. The number of fused-ring (bicyclic) bond motifs is 1.